The highest BCUT2D eigenvalue weighted by Gasteiger charge is 2.24. The maximum absolute atomic E-state index is 13.2. The Balaban J connectivity index is 1.99. The lowest BCUT2D eigenvalue weighted by molar-refractivity contribution is 0.0697. The van der Waals surface area contributed by atoms with Crippen LogP contribution in [0.5, 0.6) is 0 Å². The van der Waals surface area contributed by atoms with Crippen LogP contribution in [0.4, 0.5) is 0 Å². The predicted molar refractivity (Wildman–Crippen MR) is 120 cm³/mol. The van der Waals surface area contributed by atoms with Crippen molar-refractivity contribution in [2.45, 2.75) is 59.5 Å². The van der Waals surface area contributed by atoms with Crippen molar-refractivity contribution in [1.82, 2.24) is 9.13 Å². The molecule has 0 aliphatic carbocycles. The van der Waals surface area contributed by atoms with E-state index in [1.54, 1.807) is 12.1 Å². The van der Waals surface area contributed by atoms with Crippen LogP contribution in [0.2, 0.25) is 0 Å². The highest BCUT2D eigenvalue weighted by atomic mass is 16.4. The number of aromatic nitrogens is 2. The molecule has 1 N–H and O–H groups in total. The van der Waals surface area contributed by atoms with Crippen molar-refractivity contribution in [3.63, 3.8) is 0 Å². The first-order chi connectivity index (χ1) is 14.1. The highest BCUT2D eigenvalue weighted by molar-refractivity contribution is 5.95. The van der Waals surface area contributed by atoms with Crippen LogP contribution in [0.3, 0.4) is 0 Å². The standard InChI is InChI=1S/C25H30N2O3/c1-6-9-22-17(2)27(25(3,4)5)24(30)26(22)16-18-12-14-19(15-13-18)20-10-7-8-11-21(20)23(28)29/h7-8,10-15H,6,9,16H2,1-5H3,(H,28,29). The first-order valence-corrected chi connectivity index (χ1v) is 10.4. The number of carboxylic acids is 1. The van der Waals surface area contributed by atoms with E-state index in [0.29, 0.717) is 12.1 Å². The first kappa shape index (κ1) is 21.6. The van der Waals surface area contributed by atoms with Crippen LogP contribution in [-0.2, 0) is 18.5 Å². The molecular formula is C25H30N2O3. The minimum atomic E-state index is -0.940. The van der Waals surface area contributed by atoms with Crippen LogP contribution in [0.25, 0.3) is 11.1 Å². The minimum absolute atomic E-state index is 0.0174. The van der Waals surface area contributed by atoms with E-state index >= 15 is 0 Å². The van der Waals surface area contributed by atoms with E-state index in [0.717, 1.165) is 35.4 Å². The van der Waals surface area contributed by atoms with Gasteiger partial charge in [0.25, 0.3) is 0 Å². The number of benzene rings is 2. The average molecular weight is 407 g/mol. The summed E-state index contributed by atoms with van der Waals surface area (Å²) in [6.07, 6.45) is 1.83. The molecule has 0 bridgehead atoms. The van der Waals surface area contributed by atoms with Crippen LogP contribution in [0, 0.1) is 6.92 Å². The predicted octanol–water partition coefficient (Wildman–Crippen LogP) is 5.08. The molecule has 0 atom stereocenters. The van der Waals surface area contributed by atoms with E-state index in [1.807, 2.05) is 52.5 Å². The molecule has 0 aliphatic rings. The summed E-state index contributed by atoms with van der Waals surface area (Å²) < 4.78 is 3.76. The number of carbonyl (C=O) groups is 1. The van der Waals surface area contributed by atoms with Crippen molar-refractivity contribution >= 4 is 5.97 Å². The van der Waals surface area contributed by atoms with E-state index in [2.05, 4.69) is 27.7 Å². The molecule has 1 heterocycles. The lowest BCUT2D eigenvalue weighted by Crippen LogP contribution is -2.35. The number of carboxylic acid groups (broad SMARTS) is 1. The second kappa shape index (κ2) is 8.34. The van der Waals surface area contributed by atoms with E-state index in [1.165, 1.54) is 0 Å². The molecule has 0 spiro atoms. The molecule has 30 heavy (non-hydrogen) atoms. The third-order valence-corrected chi connectivity index (χ3v) is 5.42. The quantitative estimate of drug-likeness (QED) is 0.621. The van der Waals surface area contributed by atoms with Gasteiger partial charge in [-0.15, -0.1) is 0 Å². The Morgan fingerprint density at radius 2 is 1.67 bits per heavy atom. The van der Waals surface area contributed by atoms with Gasteiger partial charge in [0, 0.05) is 16.9 Å². The summed E-state index contributed by atoms with van der Waals surface area (Å²) in [4.78, 5) is 24.7. The molecular weight excluding hydrogens is 376 g/mol. The summed E-state index contributed by atoms with van der Waals surface area (Å²) in [7, 11) is 0. The molecule has 0 saturated carbocycles. The monoisotopic (exact) mass is 406 g/mol. The Labute approximate surface area is 177 Å². The van der Waals surface area contributed by atoms with Gasteiger partial charge < -0.3 is 5.11 Å². The molecule has 1 aromatic heterocycles. The van der Waals surface area contributed by atoms with Crippen LogP contribution in [0.1, 0.15) is 61.4 Å². The molecule has 0 aliphatic heterocycles. The largest absolute Gasteiger partial charge is 0.478 e. The molecule has 5 heteroatoms. The zero-order valence-electron chi connectivity index (χ0n) is 18.4. The Morgan fingerprint density at radius 1 is 1.03 bits per heavy atom. The Morgan fingerprint density at radius 3 is 2.23 bits per heavy atom. The first-order valence-electron chi connectivity index (χ1n) is 10.4. The van der Waals surface area contributed by atoms with E-state index < -0.39 is 5.97 Å². The Bertz CT molecular complexity index is 1110. The van der Waals surface area contributed by atoms with Gasteiger partial charge in [0.15, 0.2) is 0 Å². The molecule has 5 nitrogen and oxygen atoms in total. The molecule has 3 rings (SSSR count). The third-order valence-electron chi connectivity index (χ3n) is 5.42. The zero-order valence-corrected chi connectivity index (χ0v) is 18.4. The summed E-state index contributed by atoms with van der Waals surface area (Å²) in [5.74, 6) is -0.940. The second-order valence-corrected chi connectivity index (χ2v) is 8.70. The summed E-state index contributed by atoms with van der Waals surface area (Å²) >= 11 is 0. The fraction of sp³-hybridized carbons (Fsp3) is 0.360. The normalized spacial score (nSPS) is 11.6. The minimum Gasteiger partial charge on any atom is -0.478 e. The fourth-order valence-electron chi connectivity index (χ4n) is 4.10. The smallest absolute Gasteiger partial charge is 0.336 e. The summed E-state index contributed by atoms with van der Waals surface area (Å²) in [6.45, 7) is 10.8. The van der Waals surface area contributed by atoms with Gasteiger partial charge in [-0.1, -0.05) is 55.8 Å². The summed E-state index contributed by atoms with van der Waals surface area (Å²) in [5.41, 5.74) is 4.68. The highest BCUT2D eigenvalue weighted by Crippen LogP contribution is 2.25. The third kappa shape index (κ3) is 4.11. The molecule has 0 radical (unpaired) electrons. The van der Waals surface area contributed by atoms with Crippen molar-refractivity contribution < 1.29 is 9.90 Å². The molecule has 0 fully saturated rings. The molecule has 158 valence electrons. The maximum Gasteiger partial charge on any atom is 0.336 e. The molecule has 0 saturated heterocycles. The second-order valence-electron chi connectivity index (χ2n) is 8.70. The number of hydrogen-bond donors (Lipinski definition) is 1. The van der Waals surface area contributed by atoms with Crippen LogP contribution in [0.15, 0.2) is 53.3 Å². The average Bonchev–Trinajstić information content (AvgIpc) is 2.92. The van der Waals surface area contributed by atoms with Crippen LogP contribution in [-0.4, -0.2) is 20.2 Å². The van der Waals surface area contributed by atoms with Gasteiger partial charge in [-0.2, -0.15) is 0 Å². The van der Waals surface area contributed by atoms with Crippen molar-refractivity contribution in [3.05, 3.63) is 81.5 Å². The molecule has 3 aromatic rings. The van der Waals surface area contributed by atoms with E-state index in [4.69, 9.17) is 0 Å². The van der Waals surface area contributed by atoms with Crippen molar-refractivity contribution in [3.8, 4) is 11.1 Å². The van der Waals surface area contributed by atoms with Crippen molar-refractivity contribution in [1.29, 1.82) is 0 Å². The molecule has 2 aromatic carbocycles. The van der Waals surface area contributed by atoms with E-state index in [-0.39, 0.29) is 16.8 Å². The maximum atomic E-state index is 13.2. The molecule has 0 amide bonds. The summed E-state index contributed by atoms with van der Waals surface area (Å²) in [6, 6.07) is 14.8. The van der Waals surface area contributed by atoms with E-state index in [9.17, 15) is 14.7 Å². The zero-order chi connectivity index (χ0) is 22.1. The van der Waals surface area contributed by atoms with Gasteiger partial charge in [-0.3, -0.25) is 9.13 Å². The van der Waals surface area contributed by atoms with Gasteiger partial charge in [-0.25, -0.2) is 9.59 Å². The van der Waals surface area contributed by atoms with Gasteiger partial charge in [-0.05, 0) is 56.9 Å². The lowest BCUT2D eigenvalue weighted by atomic mass is 9.99. The number of aromatic carboxylic acids is 1. The van der Waals surface area contributed by atoms with Gasteiger partial charge in [0.05, 0.1) is 12.1 Å². The van der Waals surface area contributed by atoms with Gasteiger partial charge in [0.2, 0.25) is 0 Å². The van der Waals surface area contributed by atoms with Crippen LogP contribution < -0.4 is 5.69 Å². The number of nitrogens with zero attached hydrogens (tertiary/aromatic N) is 2. The number of imidazole rings is 1. The Hall–Kier alpha value is -3.08. The molecule has 0 unspecified atom stereocenters. The van der Waals surface area contributed by atoms with Gasteiger partial charge >= 0.3 is 11.7 Å². The fourth-order valence-corrected chi connectivity index (χ4v) is 4.10. The van der Waals surface area contributed by atoms with Crippen molar-refractivity contribution in [2.24, 2.45) is 0 Å². The SMILES string of the molecule is CCCc1c(C)n(C(C)(C)C)c(=O)n1Cc1ccc(-c2ccccc2C(=O)O)cc1. The lowest BCUT2D eigenvalue weighted by Gasteiger charge is -2.21. The topological polar surface area (TPSA) is 64.2 Å². The van der Waals surface area contributed by atoms with Gasteiger partial charge in [0.1, 0.15) is 0 Å². The van der Waals surface area contributed by atoms with Crippen LogP contribution >= 0.6 is 0 Å². The van der Waals surface area contributed by atoms with Crippen molar-refractivity contribution in [2.75, 3.05) is 0 Å². The number of hydrogen-bond acceptors (Lipinski definition) is 2. The number of rotatable bonds is 6. The Kier molecular flexibility index (Phi) is 6.01. The summed E-state index contributed by atoms with van der Waals surface area (Å²) in [5, 5.41) is 9.44.